The van der Waals surface area contributed by atoms with Crippen molar-refractivity contribution in [3.05, 3.63) is 65.6 Å². The van der Waals surface area contributed by atoms with Crippen molar-refractivity contribution in [2.75, 3.05) is 0 Å². The summed E-state index contributed by atoms with van der Waals surface area (Å²) in [5.74, 6) is 0.491. The first-order valence-corrected chi connectivity index (χ1v) is 9.95. The molecule has 2 aromatic heterocycles. The van der Waals surface area contributed by atoms with Crippen molar-refractivity contribution in [2.45, 2.75) is 31.6 Å². The van der Waals surface area contributed by atoms with E-state index in [0.29, 0.717) is 13.0 Å². The van der Waals surface area contributed by atoms with Crippen LogP contribution in [0.4, 0.5) is 4.79 Å². The Morgan fingerprint density at radius 3 is 2.64 bits per heavy atom. The number of hydrogen-bond donors (Lipinski definition) is 1. The summed E-state index contributed by atoms with van der Waals surface area (Å²) in [6.07, 6.45) is 5.06. The van der Waals surface area contributed by atoms with Gasteiger partial charge in [0.25, 0.3) is 5.24 Å². The molecule has 0 bridgehead atoms. The largest absolute Gasteiger partial charge is 0.487 e. The fourth-order valence-electron chi connectivity index (χ4n) is 3.00. The molecule has 0 spiro atoms. The smallest absolute Gasteiger partial charge is 0.286 e. The zero-order chi connectivity index (χ0) is 19.5. The highest BCUT2D eigenvalue weighted by Gasteiger charge is 2.31. The molecule has 1 atom stereocenters. The first kappa shape index (κ1) is 18.4. The predicted molar refractivity (Wildman–Crippen MR) is 108 cm³/mol. The number of fused-ring (bicyclic) bond motifs is 1. The first-order valence-electron chi connectivity index (χ1n) is 9.07. The van der Waals surface area contributed by atoms with Gasteiger partial charge in [-0.25, -0.2) is 0 Å². The third-order valence-corrected chi connectivity index (χ3v) is 5.56. The van der Waals surface area contributed by atoms with Gasteiger partial charge >= 0.3 is 0 Å². The third-order valence-electron chi connectivity index (χ3n) is 4.58. The lowest BCUT2D eigenvalue weighted by Crippen LogP contribution is -2.25. The minimum Gasteiger partial charge on any atom is -0.487 e. The van der Waals surface area contributed by atoms with E-state index in [2.05, 4.69) is 28.3 Å². The molecule has 1 unspecified atom stereocenters. The molecular weight excluding hydrogens is 374 g/mol. The van der Waals surface area contributed by atoms with E-state index in [1.54, 1.807) is 6.20 Å². The second kappa shape index (κ2) is 7.98. The molecular formula is C21H19N3O3S. The lowest BCUT2D eigenvalue weighted by Gasteiger charge is -2.09. The molecule has 1 aliphatic rings. The standard InChI is InChI=1S/C21H19N3O3S/c1-2-13-3-5-16(22-10-13)12-27-17-6-4-15-7-14(11-23-18(15)9-17)8-19-20(25)24-21(26)28-19/h3-7,9-11,19H,2,8,12H2,1H3,(H,24,25,26). The Bertz CT molecular complexity index is 1040. The Morgan fingerprint density at radius 1 is 1.07 bits per heavy atom. The van der Waals surface area contributed by atoms with Crippen LogP contribution in [-0.4, -0.2) is 26.4 Å². The van der Waals surface area contributed by atoms with Gasteiger partial charge in [-0.1, -0.05) is 24.8 Å². The van der Waals surface area contributed by atoms with Crippen molar-refractivity contribution in [3.63, 3.8) is 0 Å². The summed E-state index contributed by atoms with van der Waals surface area (Å²) in [4.78, 5) is 31.9. The van der Waals surface area contributed by atoms with E-state index >= 15 is 0 Å². The average molecular weight is 393 g/mol. The Balaban J connectivity index is 1.44. The zero-order valence-corrected chi connectivity index (χ0v) is 16.2. The van der Waals surface area contributed by atoms with Crippen molar-refractivity contribution in [1.82, 2.24) is 15.3 Å². The summed E-state index contributed by atoms with van der Waals surface area (Å²) in [5.41, 5.74) is 3.81. The van der Waals surface area contributed by atoms with Crippen LogP contribution in [0.2, 0.25) is 0 Å². The van der Waals surface area contributed by atoms with Crippen molar-refractivity contribution < 1.29 is 14.3 Å². The molecule has 3 aromatic rings. The lowest BCUT2D eigenvalue weighted by atomic mass is 10.1. The normalized spacial score (nSPS) is 16.4. The Labute approximate surface area is 166 Å². The molecule has 1 saturated heterocycles. The molecule has 7 heteroatoms. The van der Waals surface area contributed by atoms with Gasteiger partial charge in [0.05, 0.1) is 16.5 Å². The van der Waals surface area contributed by atoms with Gasteiger partial charge in [-0.05, 0) is 48.2 Å². The van der Waals surface area contributed by atoms with Crippen LogP contribution in [0.5, 0.6) is 5.75 Å². The molecule has 0 saturated carbocycles. The van der Waals surface area contributed by atoms with Crippen LogP contribution in [0, 0.1) is 0 Å². The summed E-state index contributed by atoms with van der Waals surface area (Å²) in [7, 11) is 0. The number of nitrogens with one attached hydrogen (secondary N) is 1. The SMILES string of the molecule is CCc1ccc(COc2ccc3cc(CC4SC(=O)NC4=O)cnc3c2)nc1. The molecule has 4 rings (SSSR count). The molecule has 0 aliphatic carbocycles. The number of amides is 2. The number of nitrogens with zero attached hydrogens (tertiary/aromatic N) is 2. The van der Waals surface area contributed by atoms with E-state index < -0.39 is 0 Å². The molecule has 142 valence electrons. The number of aromatic nitrogens is 2. The highest BCUT2D eigenvalue weighted by Crippen LogP contribution is 2.25. The van der Waals surface area contributed by atoms with Gasteiger partial charge < -0.3 is 4.74 Å². The monoisotopic (exact) mass is 393 g/mol. The molecule has 28 heavy (non-hydrogen) atoms. The van der Waals surface area contributed by atoms with Crippen molar-refractivity contribution in [2.24, 2.45) is 0 Å². The lowest BCUT2D eigenvalue weighted by molar-refractivity contribution is -0.118. The Morgan fingerprint density at radius 2 is 1.93 bits per heavy atom. The van der Waals surface area contributed by atoms with Crippen molar-refractivity contribution >= 4 is 33.8 Å². The Hall–Kier alpha value is -2.93. The number of thioether (sulfide) groups is 1. The maximum absolute atomic E-state index is 11.7. The highest BCUT2D eigenvalue weighted by atomic mass is 32.2. The third kappa shape index (κ3) is 4.14. The summed E-state index contributed by atoms with van der Waals surface area (Å²) >= 11 is 1.03. The molecule has 1 N–H and O–H groups in total. The molecule has 0 radical (unpaired) electrons. The van der Waals surface area contributed by atoms with Crippen LogP contribution in [0.25, 0.3) is 10.9 Å². The van der Waals surface area contributed by atoms with Gasteiger partial charge in [0, 0.05) is 23.8 Å². The molecule has 1 fully saturated rings. The average Bonchev–Trinajstić information content (AvgIpc) is 3.03. The zero-order valence-electron chi connectivity index (χ0n) is 15.3. The van der Waals surface area contributed by atoms with Crippen LogP contribution in [0.15, 0.2) is 48.8 Å². The van der Waals surface area contributed by atoms with E-state index in [0.717, 1.165) is 46.1 Å². The second-order valence-electron chi connectivity index (χ2n) is 6.59. The fourth-order valence-corrected chi connectivity index (χ4v) is 3.86. The molecule has 1 aromatic carbocycles. The van der Waals surface area contributed by atoms with Gasteiger partial charge in [-0.3, -0.25) is 24.9 Å². The van der Waals surface area contributed by atoms with Crippen LogP contribution < -0.4 is 10.1 Å². The van der Waals surface area contributed by atoms with Gasteiger partial charge in [0.2, 0.25) is 5.91 Å². The minimum atomic E-state index is -0.388. The molecule has 2 amide bonds. The van der Waals surface area contributed by atoms with Crippen molar-refractivity contribution in [3.8, 4) is 5.75 Å². The van der Waals surface area contributed by atoms with Crippen molar-refractivity contribution in [1.29, 1.82) is 0 Å². The molecule has 1 aliphatic heterocycles. The fraction of sp³-hybridized carbons (Fsp3) is 0.238. The van der Waals surface area contributed by atoms with Crippen LogP contribution in [0.1, 0.15) is 23.7 Å². The van der Waals surface area contributed by atoms with Crippen LogP contribution >= 0.6 is 11.8 Å². The van der Waals surface area contributed by atoms with Gasteiger partial charge in [0.15, 0.2) is 0 Å². The number of hydrogen-bond acceptors (Lipinski definition) is 6. The maximum Gasteiger partial charge on any atom is 0.286 e. The van der Waals surface area contributed by atoms with E-state index in [4.69, 9.17) is 4.74 Å². The number of ether oxygens (including phenoxy) is 1. The number of aryl methyl sites for hydroxylation is 1. The summed E-state index contributed by atoms with van der Waals surface area (Å²) < 4.78 is 5.84. The maximum atomic E-state index is 11.7. The van der Waals surface area contributed by atoms with Crippen LogP contribution in [-0.2, 0) is 24.2 Å². The summed E-state index contributed by atoms with van der Waals surface area (Å²) in [6, 6.07) is 11.8. The number of carbonyl (C=O) groups is 2. The van der Waals surface area contributed by atoms with E-state index in [-0.39, 0.29) is 16.4 Å². The number of pyridine rings is 2. The Kier molecular flexibility index (Phi) is 5.25. The molecule has 3 heterocycles. The highest BCUT2D eigenvalue weighted by molar-refractivity contribution is 8.15. The first-order chi connectivity index (χ1) is 13.6. The van der Waals surface area contributed by atoms with Crippen LogP contribution in [0.3, 0.4) is 0 Å². The quantitative estimate of drug-likeness (QED) is 0.688. The predicted octanol–water partition coefficient (Wildman–Crippen LogP) is 3.67. The summed E-state index contributed by atoms with van der Waals surface area (Å²) in [5, 5.41) is 2.60. The minimum absolute atomic E-state index is 0.237. The number of imide groups is 1. The number of rotatable bonds is 6. The van der Waals surface area contributed by atoms with Gasteiger partial charge in [-0.2, -0.15) is 0 Å². The summed E-state index contributed by atoms with van der Waals surface area (Å²) in [6.45, 7) is 2.50. The van der Waals surface area contributed by atoms with E-state index in [1.807, 2.05) is 36.5 Å². The van der Waals surface area contributed by atoms with Gasteiger partial charge in [0.1, 0.15) is 12.4 Å². The topological polar surface area (TPSA) is 81.2 Å². The molecule has 6 nitrogen and oxygen atoms in total. The number of carbonyl (C=O) groups excluding carboxylic acids is 2. The number of benzene rings is 1. The van der Waals surface area contributed by atoms with E-state index in [9.17, 15) is 9.59 Å². The van der Waals surface area contributed by atoms with E-state index in [1.165, 1.54) is 5.56 Å². The second-order valence-corrected chi connectivity index (χ2v) is 7.76. The van der Waals surface area contributed by atoms with Gasteiger partial charge in [-0.15, -0.1) is 0 Å².